The van der Waals surface area contributed by atoms with E-state index in [0.29, 0.717) is 18.0 Å². The van der Waals surface area contributed by atoms with Crippen LogP contribution in [-0.2, 0) is 42.3 Å². The van der Waals surface area contributed by atoms with Crippen molar-refractivity contribution < 1.29 is 8.42 Å². The van der Waals surface area contributed by atoms with Crippen LogP contribution in [0.15, 0.2) is 47.5 Å². The maximum absolute atomic E-state index is 12.9. The van der Waals surface area contributed by atoms with Crippen LogP contribution in [0.25, 0.3) is 11.4 Å². The van der Waals surface area contributed by atoms with Gasteiger partial charge in [-0.25, -0.2) is 13.1 Å². The Hall–Kier alpha value is -2.51. The fraction of sp³-hybridized carbons (Fsp3) is 0.417. The maximum Gasteiger partial charge on any atom is 0.240 e. The highest BCUT2D eigenvalue weighted by Gasteiger charge is 2.23. The Bertz CT molecular complexity index is 1190. The van der Waals surface area contributed by atoms with Gasteiger partial charge in [-0.3, -0.25) is 9.67 Å². The Morgan fingerprint density at radius 1 is 0.935 bits per heavy atom. The van der Waals surface area contributed by atoms with E-state index in [0.717, 1.165) is 56.3 Å². The van der Waals surface area contributed by atoms with E-state index >= 15 is 0 Å². The summed E-state index contributed by atoms with van der Waals surface area (Å²) < 4.78 is 30.5. The minimum Gasteiger partial charge on any atom is -0.267 e. The van der Waals surface area contributed by atoms with Crippen LogP contribution in [-0.4, -0.2) is 29.7 Å². The number of fused-ring (bicyclic) bond motifs is 2. The third-order valence-electron chi connectivity index (χ3n) is 6.41. The van der Waals surface area contributed by atoms with Crippen molar-refractivity contribution in [2.24, 2.45) is 0 Å². The van der Waals surface area contributed by atoms with Gasteiger partial charge in [0.1, 0.15) is 5.69 Å². The van der Waals surface area contributed by atoms with E-state index in [2.05, 4.69) is 9.71 Å². The zero-order valence-electron chi connectivity index (χ0n) is 17.7. The standard InChI is InChI=1S/C24H28N4O2S/c29-31(30,20-13-12-18-7-1-2-8-19(18)17-20)26-15-16-28-23-11-4-3-9-21(23)24(27-28)22-10-5-6-14-25-22/h5-6,10,12-14,17,26H,1-4,7-9,11,15-16H2. The maximum atomic E-state index is 12.9. The fourth-order valence-corrected chi connectivity index (χ4v) is 5.88. The third-order valence-corrected chi connectivity index (χ3v) is 7.87. The van der Waals surface area contributed by atoms with Gasteiger partial charge in [-0.15, -0.1) is 0 Å². The number of aromatic nitrogens is 3. The molecule has 0 amide bonds. The van der Waals surface area contributed by atoms with Gasteiger partial charge in [-0.05, 0) is 86.8 Å². The summed E-state index contributed by atoms with van der Waals surface area (Å²) in [7, 11) is -3.53. The van der Waals surface area contributed by atoms with Gasteiger partial charge >= 0.3 is 0 Å². The zero-order valence-corrected chi connectivity index (χ0v) is 18.5. The van der Waals surface area contributed by atoms with Crippen molar-refractivity contribution in [3.05, 3.63) is 65.0 Å². The van der Waals surface area contributed by atoms with Gasteiger partial charge in [0.2, 0.25) is 10.0 Å². The highest BCUT2D eigenvalue weighted by atomic mass is 32.2. The topological polar surface area (TPSA) is 76.9 Å². The lowest BCUT2D eigenvalue weighted by atomic mass is 9.92. The second-order valence-electron chi connectivity index (χ2n) is 8.45. The Kier molecular flexibility index (Phi) is 5.63. The lowest BCUT2D eigenvalue weighted by molar-refractivity contribution is 0.538. The van der Waals surface area contributed by atoms with Gasteiger partial charge < -0.3 is 0 Å². The van der Waals surface area contributed by atoms with Gasteiger partial charge in [-0.1, -0.05) is 12.1 Å². The van der Waals surface area contributed by atoms with Crippen LogP contribution >= 0.6 is 0 Å². The van der Waals surface area contributed by atoms with E-state index in [4.69, 9.17) is 5.10 Å². The summed E-state index contributed by atoms with van der Waals surface area (Å²) in [6, 6.07) is 11.4. The number of hydrogen-bond donors (Lipinski definition) is 1. The summed E-state index contributed by atoms with van der Waals surface area (Å²) in [5, 5.41) is 4.83. The molecule has 0 saturated carbocycles. The normalized spacial score (nSPS) is 16.0. The number of nitrogens with zero attached hydrogens (tertiary/aromatic N) is 3. The molecule has 6 nitrogen and oxygen atoms in total. The van der Waals surface area contributed by atoms with Crippen LogP contribution in [0, 0.1) is 0 Å². The van der Waals surface area contributed by atoms with E-state index in [-0.39, 0.29) is 0 Å². The lowest BCUT2D eigenvalue weighted by Gasteiger charge is -2.17. The SMILES string of the molecule is O=S(=O)(NCCn1nc(-c2ccccn2)c2c1CCCC2)c1ccc2c(c1)CCCC2. The van der Waals surface area contributed by atoms with Crippen molar-refractivity contribution in [1.82, 2.24) is 19.5 Å². The van der Waals surface area contributed by atoms with Gasteiger partial charge in [0.25, 0.3) is 0 Å². The fourth-order valence-electron chi connectivity index (χ4n) is 4.81. The lowest BCUT2D eigenvalue weighted by Crippen LogP contribution is -2.28. The largest absolute Gasteiger partial charge is 0.267 e. The van der Waals surface area contributed by atoms with Gasteiger partial charge in [0.15, 0.2) is 0 Å². The molecule has 5 rings (SSSR count). The monoisotopic (exact) mass is 436 g/mol. The summed E-state index contributed by atoms with van der Waals surface area (Å²) >= 11 is 0. The molecule has 2 heterocycles. The predicted molar refractivity (Wildman–Crippen MR) is 120 cm³/mol. The van der Waals surface area contributed by atoms with Crippen LogP contribution in [0.4, 0.5) is 0 Å². The smallest absolute Gasteiger partial charge is 0.240 e. The van der Waals surface area contributed by atoms with Crippen LogP contribution < -0.4 is 4.72 Å². The first-order valence-electron chi connectivity index (χ1n) is 11.2. The molecule has 0 spiro atoms. The Morgan fingerprint density at radius 2 is 1.74 bits per heavy atom. The molecular formula is C24H28N4O2S. The van der Waals surface area contributed by atoms with Crippen LogP contribution in [0.2, 0.25) is 0 Å². The van der Waals surface area contributed by atoms with Crippen molar-refractivity contribution in [3.8, 4) is 11.4 Å². The molecule has 7 heteroatoms. The van der Waals surface area contributed by atoms with E-state index in [9.17, 15) is 8.42 Å². The van der Waals surface area contributed by atoms with Gasteiger partial charge in [-0.2, -0.15) is 5.10 Å². The molecule has 162 valence electrons. The molecule has 0 fully saturated rings. The van der Waals surface area contributed by atoms with Crippen LogP contribution in [0.5, 0.6) is 0 Å². The van der Waals surface area contributed by atoms with Crippen molar-refractivity contribution in [2.45, 2.75) is 62.8 Å². The molecule has 31 heavy (non-hydrogen) atoms. The van der Waals surface area contributed by atoms with Crippen LogP contribution in [0.3, 0.4) is 0 Å². The Balaban J connectivity index is 1.33. The number of aryl methyl sites for hydroxylation is 2. The van der Waals surface area contributed by atoms with Crippen molar-refractivity contribution >= 4 is 10.0 Å². The molecule has 3 aromatic rings. The second kappa shape index (κ2) is 8.55. The number of benzene rings is 1. The summed E-state index contributed by atoms with van der Waals surface area (Å²) in [5.41, 5.74) is 6.77. The minimum atomic E-state index is -3.53. The molecule has 0 radical (unpaired) electrons. The molecule has 1 N–H and O–H groups in total. The number of pyridine rings is 1. The average Bonchev–Trinajstić information content (AvgIpc) is 3.18. The number of hydrogen-bond acceptors (Lipinski definition) is 4. The average molecular weight is 437 g/mol. The molecule has 1 aromatic carbocycles. The van der Waals surface area contributed by atoms with Crippen LogP contribution in [0.1, 0.15) is 48.1 Å². The first-order valence-corrected chi connectivity index (χ1v) is 12.7. The van der Waals surface area contributed by atoms with Gasteiger partial charge in [0.05, 0.1) is 17.1 Å². The number of rotatable bonds is 6. The molecule has 0 bridgehead atoms. The van der Waals surface area contributed by atoms with E-state index in [1.54, 1.807) is 12.3 Å². The van der Waals surface area contributed by atoms with Gasteiger partial charge in [0, 0.05) is 24.0 Å². The predicted octanol–water partition coefficient (Wildman–Crippen LogP) is 3.68. The Morgan fingerprint density at radius 3 is 2.58 bits per heavy atom. The van der Waals surface area contributed by atoms with Crippen molar-refractivity contribution in [1.29, 1.82) is 0 Å². The van der Waals surface area contributed by atoms with E-state index in [1.165, 1.54) is 28.8 Å². The Labute approximate surface area is 183 Å². The minimum absolute atomic E-state index is 0.315. The first kappa shape index (κ1) is 20.4. The van der Waals surface area contributed by atoms with Crippen molar-refractivity contribution in [3.63, 3.8) is 0 Å². The molecule has 2 aliphatic carbocycles. The summed E-state index contributed by atoms with van der Waals surface area (Å²) in [6.07, 6.45) is 10.4. The molecule has 2 aliphatic rings. The molecule has 0 atom stereocenters. The first-order chi connectivity index (χ1) is 15.1. The number of sulfonamides is 1. The quantitative estimate of drug-likeness (QED) is 0.639. The molecule has 0 saturated heterocycles. The van der Waals surface area contributed by atoms with E-state index < -0.39 is 10.0 Å². The summed E-state index contributed by atoms with van der Waals surface area (Å²) in [4.78, 5) is 4.84. The zero-order chi connectivity index (χ0) is 21.3. The highest BCUT2D eigenvalue weighted by Crippen LogP contribution is 2.30. The second-order valence-corrected chi connectivity index (χ2v) is 10.2. The van der Waals surface area contributed by atoms with Crippen molar-refractivity contribution in [2.75, 3.05) is 6.54 Å². The molecule has 0 aliphatic heterocycles. The molecule has 2 aromatic heterocycles. The number of nitrogens with one attached hydrogen (secondary N) is 1. The third kappa shape index (κ3) is 4.16. The highest BCUT2D eigenvalue weighted by molar-refractivity contribution is 7.89. The molecular weight excluding hydrogens is 408 g/mol. The molecule has 0 unspecified atom stereocenters. The summed E-state index contributed by atoms with van der Waals surface area (Å²) in [5.74, 6) is 0. The summed E-state index contributed by atoms with van der Waals surface area (Å²) in [6.45, 7) is 0.828. The van der Waals surface area contributed by atoms with E-state index in [1.807, 2.05) is 35.0 Å².